The Kier molecular flexibility index (Phi) is 8.68. The number of benzene rings is 2. The van der Waals surface area contributed by atoms with Crippen LogP contribution in [0.1, 0.15) is 11.4 Å². The van der Waals surface area contributed by atoms with Crippen molar-refractivity contribution in [2.45, 2.75) is 23.4 Å². The number of hydrogen-bond donors (Lipinski definition) is 2. The van der Waals surface area contributed by atoms with Gasteiger partial charge in [0.2, 0.25) is 21.1 Å². The highest BCUT2D eigenvalue weighted by atomic mass is 35.5. The third-order valence-electron chi connectivity index (χ3n) is 4.50. The maximum Gasteiger partial charge on any atom is 0.243 e. The summed E-state index contributed by atoms with van der Waals surface area (Å²) in [5, 5.41) is 10.6. The van der Waals surface area contributed by atoms with Crippen molar-refractivity contribution in [3.05, 3.63) is 71.0 Å². The van der Waals surface area contributed by atoms with E-state index in [9.17, 15) is 13.2 Å². The number of rotatable bonds is 11. The fourth-order valence-corrected chi connectivity index (χ4v) is 5.10. The average Bonchev–Trinajstić information content (AvgIpc) is 3.20. The van der Waals surface area contributed by atoms with Crippen LogP contribution in [0.4, 0.5) is 0 Å². The van der Waals surface area contributed by atoms with E-state index in [0.717, 1.165) is 11.4 Å². The Morgan fingerprint density at radius 2 is 1.88 bits per heavy atom. The van der Waals surface area contributed by atoms with E-state index >= 15 is 0 Å². The lowest BCUT2D eigenvalue weighted by molar-refractivity contribution is -0.121. The molecule has 1 heterocycles. The van der Waals surface area contributed by atoms with Gasteiger partial charge in [0, 0.05) is 23.9 Å². The zero-order valence-electron chi connectivity index (χ0n) is 17.5. The second kappa shape index (κ2) is 11.5. The van der Waals surface area contributed by atoms with Crippen LogP contribution in [0, 0.1) is 6.92 Å². The molecule has 8 nitrogen and oxygen atoms in total. The number of sulfonamides is 1. The van der Waals surface area contributed by atoms with E-state index in [1.54, 1.807) is 0 Å². The van der Waals surface area contributed by atoms with Crippen LogP contribution in [0.5, 0.6) is 0 Å². The van der Waals surface area contributed by atoms with Gasteiger partial charge in [0.15, 0.2) is 0 Å². The minimum atomic E-state index is -3.87. The number of nitrogens with zero attached hydrogens (tertiary/aromatic N) is 3. The molecule has 0 aliphatic heterocycles. The van der Waals surface area contributed by atoms with Crippen molar-refractivity contribution < 1.29 is 13.2 Å². The highest BCUT2D eigenvalue weighted by molar-refractivity contribution is 7.99. The van der Waals surface area contributed by atoms with Crippen molar-refractivity contribution >= 4 is 39.3 Å². The second-order valence-corrected chi connectivity index (χ2v) is 10.4. The van der Waals surface area contributed by atoms with Crippen molar-refractivity contribution in [1.82, 2.24) is 24.8 Å². The molecule has 2 aromatic carbocycles. The van der Waals surface area contributed by atoms with Crippen molar-refractivity contribution in [3.63, 3.8) is 0 Å². The number of H-pyrrole nitrogens is 1. The first-order valence-electron chi connectivity index (χ1n) is 9.93. The van der Waals surface area contributed by atoms with E-state index in [1.165, 1.54) is 40.3 Å². The van der Waals surface area contributed by atoms with Crippen LogP contribution in [-0.2, 0) is 21.2 Å². The van der Waals surface area contributed by atoms with Crippen LogP contribution < -0.4 is 5.32 Å². The zero-order chi connectivity index (χ0) is 23.0. The molecule has 0 atom stereocenters. The largest absolute Gasteiger partial charge is 0.354 e. The molecule has 0 aliphatic rings. The van der Waals surface area contributed by atoms with Gasteiger partial charge in [0.05, 0.1) is 11.4 Å². The van der Waals surface area contributed by atoms with Gasteiger partial charge in [0.25, 0.3) is 0 Å². The first-order chi connectivity index (χ1) is 15.3. The maximum atomic E-state index is 13.2. The van der Waals surface area contributed by atoms with E-state index in [1.807, 2.05) is 37.3 Å². The lowest BCUT2D eigenvalue weighted by Crippen LogP contribution is -2.42. The molecule has 1 aromatic heterocycles. The van der Waals surface area contributed by atoms with Gasteiger partial charge in [-0.2, -0.15) is 4.31 Å². The summed E-state index contributed by atoms with van der Waals surface area (Å²) < 4.78 is 27.6. The SMILES string of the molecule is Cc1nc(SCCNC(=O)CN(CCc2ccccc2)S(=O)(=O)c2ccc(Cl)cc2)n[nH]1. The smallest absolute Gasteiger partial charge is 0.243 e. The first kappa shape index (κ1) is 24.2. The fraction of sp³-hybridized carbons (Fsp3) is 0.286. The Bertz CT molecular complexity index is 1120. The summed E-state index contributed by atoms with van der Waals surface area (Å²) in [4.78, 5) is 16.8. The van der Waals surface area contributed by atoms with E-state index in [2.05, 4.69) is 20.5 Å². The molecule has 3 rings (SSSR count). The molecular weight excluding hydrogens is 470 g/mol. The van der Waals surface area contributed by atoms with Crippen molar-refractivity contribution in [3.8, 4) is 0 Å². The molecule has 2 N–H and O–H groups in total. The average molecular weight is 494 g/mol. The molecule has 0 fully saturated rings. The highest BCUT2D eigenvalue weighted by Gasteiger charge is 2.26. The van der Waals surface area contributed by atoms with Crippen LogP contribution in [-0.4, -0.2) is 59.2 Å². The van der Waals surface area contributed by atoms with Crippen LogP contribution in [0.15, 0.2) is 64.6 Å². The van der Waals surface area contributed by atoms with Gasteiger partial charge < -0.3 is 5.32 Å². The summed E-state index contributed by atoms with van der Waals surface area (Å²) in [7, 11) is -3.87. The molecule has 11 heteroatoms. The number of carbonyl (C=O) groups excluding carboxylic acids is 1. The van der Waals surface area contributed by atoms with Gasteiger partial charge in [-0.3, -0.25) is 9.89 Å². The predicted molar refractivity (Wildman–Crippen MR) is 125 cm³/mol. The summed E-state index contributed by atoms with van der Waals surface area (Å²) in [6, 6.07) is 15.5. The predicted octanol–water partition coefficient (Wildman–Crippen LogP) is 2.91. The molecule has 0 saturated carbocycles. The number of aromatic amines is 1. The third-order valence-corrected chi connectivity index (χ3v) is 7.46. The zero-order valence-corrected chi connectivity index (χ0v) is 19.9. The van der Waals surface area contributed by atoms with Crippen LogP contribution in [0.25, 0.3) is 0 Å². The lowest BCUT2D eigenvalue weighted by Gasteiger charge is -2.22. The number of amides is 1. The van der Waals surface area contributed by atoms with Gasteiger partial charge in [-0.1, -0.05) is 53.7 Å². The summed E-state index contributed by atoms with van der Waals surface area (Å²) in [5.41, 5.74) is 0.988. The lowest BCUT2D eigenvalue weighted by atomic mass is 10.1. The molecule has 0 unspecified atom stereocenters. The van der Waals surface area contributed by atoms with Gasteiger partial charge in [0.1, 0.15) is 5.82 Å². The van der Waals surface area contributed by atoms with Gasteiger partial charge in [-0.25, -0.2) is 13.4 Å². The molecule has 1 amide bonds. The van der Waals surface area contributed by atoms with E-state index in [0.29, 0.717) is 28.9 Å². The summed E-state index contributed by atoms with van der Waals surface area (Å²) in [5.74, 6) is 0.914. The van der Waals surface area contributed by atoms with Crippen LogP contribution in [0.2, 0.25) is 5.02 Å². The fourth-order valence-electron chi connectivity index (χ4n) is 2.87. The standard InChI is InChI=1S/C21H24ClN5O3S2/c1-16-24-21(26-25-16)31-14-12-23-20(28)15-27(13-11-17-5-3-2-4-6-17)32(29,30)19-9-7-18(22)8-10-19/h2-10H,11-15H2,1H3,(H,23,28)(H,24,25,26). The normalized spacial score (nSPS) is 11.6. The quantitative estimate of drug-likeness (QED) is 0.314. The number of hydrogen-bond acceptors (Lipinski definition) is 6. The number of nitrogens with one attached hydrogen (secondary N) is 2. The Morgan fingerprint density at radius 1 is 1.16 bits per heavy atom. The summed E-state index contributed by atoms with van der Waals surface area (Å²) >= 11 is 7.30. The van der Waals surface area contributed by atoms with Gasteiger partial charge in [-0.05, 0) is 43.2 Å². The Morgan fingerprint density at radius 3 is 2.53 bits per heavy atom. The molecule has 0 spiro atoms. The van der Waals surface area contributed by atoms with E-state index in [-0.39, 0.29) is 23.9 Å². The van der Waals surface area contributed by atoms with Crippen molar-refractivity contribution in [2.24, 2.45) is 0 Å². The van der Waals surface area contributed by atoms with Crippen LogP contribution >= 0.6 is 23.4 Å². The Hall–Kier alpha value is -2.40. The molecule has 170 valence electrons. The number of halogens is 1. The molecule has 32 heavy (non-hydrogen) atoms. The molecule has 0 radical (unpaired) electrons. The number of aryl methyl sites for hydroxylation is 1. The topological polar surface area (TPSA) is 108 Å². The maximum absolute atomic E-state index is 13.2. The summed E-state index contributed by atoms with van der Waals surface area (Å²) in [6.45, 7) is 2.07. The molecule has 3 aromatic rings. The van der Waals surface area contributed by atoms with Gasteiger partial charge >= 0.3 is 0 Å². The second-order valence-electron chi connectivity index (χ2n) is 6.93. The highest BCUT2D eigenvalue weighted by Crippen LogP contribution is 2.19. The number of carbonyl (C=O) groups is 1. The molecule has 0 bridgehead atoms. The number of aromatic nitrogens is 3. The first-order valence-corrected chi connectivity index (χ1v) is 12.7. The minimum absolute atomic E-state index is 0.0956. The molecule has 0 saturated heterocycles. The van der Waals surface area contributed by atoms with Gasteiger partial charge in [-0.15, -0.1) is 5.10 Å². The number of thioether (sulfide) groups is 1. The Balaban J connectivity index is 1.62. The Labute approximate surface area is 196 Å². The van der Waals surface area contributed by atoms with E-state index in [4.69, 9.17) is 11.6 Å². The third kappa shape index (κ3) is 7.06. The van der Waals surface area contributed by atoms with Crippen molar-refractivity contribution in [1.29, 1.82) is 0 Å². The van der Waals surface area contributed by atoms with Crippen LogP contribution in [0.3, 0.4) is 0 Å². The minimum Gasteiger partial charge on any atom is -0.354 e. The molecular formula is C21H24ClN5O3S2. The van der Waals surface area contributed by atoms with E-state index < -0.39 is 10.0 Å². The monoisotopic (exact) mass is 493 g/mol. The van der Waals surface area contributed by atoms with Crippen molar-refractivity contribution in [2.75, 3.05) is 25.4 Å². The molecule has 0 aliphatic carbocycles. The summed E-state index contributed by atoms with van der Waals surface area (Å²) in [6.07, 6.45) is 0.487.